The predicted octanol–water partition coefficient (Wildman–Crippen LogP) is 4.68. The van der Waals surface area contributed by atoms with Crippen LogP contribution >= 0.6 is 0 Å². The summed E-state index contributed by atoms with van der Waals surface area (Å²) < 4.78 is 16.4. The zero-order valence-electron chi connectivity index (χ0n) is 25.2. The van der Waals surface area contributed by atoms with Gasteiger partial charge in [0.25, 0.3) is 0 Å². The van der Waals surface area contributed by atoms with Gasteiger partial charge in [-0.25, -0.2) is 4.79 Å². The van der Waals surface area contributed by atoms with E-state index in [1.165, 1.54) is 0 Å². The van der Waals surface area contributed by atoms with E-state index in [1.807, 2.05) is 0 Å². The Kier molecular flexibility index (Phi) is 7.69. The maximum absolute atomic E-state index is 12.8. The summed E-state index contributed by atoms with van der Waals surface area (Å²) in [6, 6.07) is -0.562. The van der Waals surface area contributed by atoms with Crippen molar-refractivity contribution in [2.45, 2.75) is 117 Å². The molecule has 1 heterocycles. The van der Waals surface area contributed by atoms with Crippen LogP contribution in [0, 0.1) is 39.9 Å². The molecule has 8 heteroatoms. The molecule has 0 aromatic rings. The van der Waals surface area contributed by atoms with Gasteiger partial charge in [0.1, 0.15) is 25.5 Å². The molecule has 4 fully saturated rings. The largest absolute Gasteiger partial charge is 0.461 e. The van der Waals surface area contributed by atoms with Gasteiger partial charge < -0.3 is 19.3 Å². The topological polar surface area (TPSA) is 111 Å². The summed E-state index contributed by atoms with van der Waals surface area (Å²) in [6.45, 7) is 12.1. The first-order valence-electron chi connectivity index (χ1n) is 15.4. The smallest absolute Gasteiger partial charge is 0.331 e. The first kappa shape index (κ1) is 29.6. The molecule has 1 aliphatic heterocycles. The van der Waals surface area contributed by atoms with Gasteiger partial charge in [-0.1, -0.05) is 13.8 Å². The molecule has 0 saturated heterocycles. The van der Waals surface area contributed by atoms with Crippen molar-refractivity contribution in [3.63, 3.8) is 0 Å². The highest BCUT2D eigenvalue weighted by Crippen LogP contribution is 2.70. The van der Waals surface area contributed by atoms with Gasteiger partial charge >= 0.3 is 17.9 Å². The molecule has 9 atom stereocenters. The van der Waals surface area contributed by atoms with Crippen LogP contribution in [-0.2, 0) is 28.6 Å². The number of rotatable bonds is 6. The number of aliphatic hydroxyl groups is 1. The van der Waals surface area contributed by atoms with E-state index < -0.39 is 17.1 Å². The van der Waals surface area contributed by atoms with Crippen LogP contribution < -0.4 is 5.32 Å². The number of carbonyl (C=O) groups is 3. The zero-order valence-corrected chi connectivity index (χ0v) is 25.2. The fraction of sp³-hybridized carbons (Fsp3) is 0.844. The van der Waals surface area contributed by atoms with E-state index in [4.69, 9.17) is 14.2 Å². The van der Waals surface area contributed by atoms with Crippen molar-refractivity contribution in [2.75, 3.05) is 13.3 Å². The van der Waals surface area contributed by atoms with Gasteiger partial charge in [-0.05, 0) is 120 Å². The lowest BCUT2D eigenvalue weighted by Gasteiger charge is -2.63. The Bertz CT molecular complexity index is 1060. The quantitative estimate of drug-likeness (QED) is 0.274. The van der Waals surface area contributed by atoms with Crippen molar-refractivity contribution in [3.05, 3.63) is 11.6 Å². The molecule has 0 aromatic heterocycles. The summed E-state index contributed by atoms with van der Waals surface area (Å²) >= 11 is 0. The van der Waals surface area contributed by atoms with Crippen molar-refractivity contribution < 1.29 is 33.7 Å². The first-order valence-corrected chi connectivity index (χ1v) is 15.4. The number of hydrogen-bond donors (Lipinski definition) is 2. The van der Waals surface area contributed by atoms with E-state index >= 15 is 0 Å². The summed E-state index contributed by atoms with van der Waals surface area (Å²) in [5, 5.41) is 15.3. The van der Waals surface area contributed by atoms with E-state index in [1.54, 1.807) is 33.8 Å². The van der Waals surface area contributed by atoms with Crippen LogP contribution in [0.4, 0.5) is 0 Å². The maximum atomic E-state index is 12.8. The van der Waals surface area contributed by atoms with Gasteiger partial charge in [-0.15, -0.1) is 0 Å². The Morgan fingerprint density at radius 3 is 2.52 bits per heavy atom. The number of hydrogen-bond acceptors (Lipinski definition) is 8. The molecule has 40 heavy (non-hydrogen) atoms. The third-order valence-electron chi connectivity index (χ3n) is 11.8. The first-order chi connectivity index (χ1) is 18.7. The Morgan fingerprint density at radius 2 is 1.85 bits per heavy atom. The highest BCUT2D eigenvalue weighted by Gasteiger charge is 2.67. The summed E-state index contributed by atoms with van der Waals surface area (Å²) in [4.78, 5) is 36.6. The Hall–Kier alpha value is -1.93. The summed E-state index contributed by atoms with van der Waals surface area (Å²) in [5.41, 5.74) is -0.345. The molecular weight excluding hydrogens is 510 g/mol. The summed E-state index contributed by atoms with van der Waals surface area (Å²) in [7, 11) is 0. The third-order valence-corrected chi connectivity index (χ3v) is 11.8. The van der Waals surface area contributed by atoms with E-state index in [0.717, 1.165) is 63.4 Å². The fourth-order valence-electron chi connectivity index (χ4n) is 9.28. The highest BCUT2D eigenvalue weighted by molar-refractivity contribution is 5.85. The monoisotopic (exact) mass is 559 g/mol. The number of fused-ring (bicyclic) bond motifs is 5. The molecule has 4 saturated carbocycles. The second-order valence-corrected chi connectivity index (χ2v) is 14.9. The normalized spacial score (nSPS) is 41.6. The Balaban J connectivity index is 1.19. The maximum Gasteiger partial charge on any atom is 0.331 e. The second kappa shape index (κ2) is 10.4. The molecule has 5 rings (SSSR count). The zero-order chi connectivity index (χ0) is 29.1. The Labute approximate surface area is 239 Å². The molecular formula is C32H49NO7. The molecule has 3 unspecified atom stereocenters. The van der Waals surface area contributed by atoms with Gasteiger partial charge in [0.2, 0.25) is 0 Å². The van der Waals surface area contributed by atoms with Crippen LogP contribution in [-0.4, -0.2) is 54.1 Å². The summed E-state index contributed by atoms with van der Waals surface area (Å²) in [6.07, 6.45) is 10.0. The molecule has 2 N–H and O–H groups in total. The molecule has 0 bridgehead atoms. The lowest BCUT2D eigenvalue weighted by Crippen LogP contribution is -2.62. The minimum absolute atomic E-state index is 0.0237. The van der Waals surface area contributed by atoms with Gasteiger partial charge in [-0.2, -0.15) is 0 Å². The Morgan fingerprint density at radius 1 is 1.10 bits per heavy atom. The van der Waals surface area contributed by atoms with E-state index in [9.17, 15) is 19.5 Å². The van der Waals surface area contributed by atoms with Crippen molar-refractivity contribution >= 4 is 17.9 Å². The summed E-state index contributed by atoms with van der Waals surface area (Å²) in [5.74, 6) is 0.509. The van der Waals surface area contributed by atoms with Gasteiger partial charge in [-0.3, -0.25) is 14.9 Å². The van der Waals surface area contributed by atoms with Crippen LogP contribution in [0.15, 0.2) is 11.6 Å². The lowest BCUT2D eigenvalue weighted by atomic mass is 9.43. The molecule has 8 nitrogen and oxygen atoms in total. The van der Waals surface area contributed by atoms with Crippen LogP contribution in [0.3, 0.4) is 0 Å². The molecule has 224 valence electrons. The number of esters is 3. The van der Waals surface area contributed by atoms with Crippen molar-refractivity contribution in [1.82, 2.24) is 5.32 Å². The average Bonchev–Trinajstić information content (AvgIpc) is 3.43. The fourth-order valence-corrected chi connectivity index (χ4v) is 9.28. The predicted molar refractivity (Wildman–Crippen MR) is 149 cm³/mol. The minimum Gasteiger partial charge on any atom is -0.461 e. The molecule has 0 aromatic carbocycles. The number of cyclic esters (lactones) is 1. The van der Waals surface area contributed by atoms with Crippen LogP contribution in [0.5, 0.6) is 0 Å². The van der Waals surface area contributed by atoms with Gasteiger partial charge in [0.05, 0.1) is 11.0 Å². The minimum atomic E-state index is -0.720. The van der Waals surface area contributed by atoms with Crippen molar-refractivity contribution in [2.24, 2.45) is 39.9 Å². The van der Waals surface area contributed by atoms with E-state index in [2.05, 4.69) is 19.2 Å². The molecule has 0 radical (unpaired) electrons. The number of carbonyl (C=O) groups excluding carboxylic acids is 3. The van der Waals surface area contributed by atoms with Crippen LogP contribution in [0.25, 0.3) is 0 Å². The SMILES string of the molecule is C[C@@H](NCOC(=O)C(C)(C)C)C(=O)OC1CC[C@@]2(C)C(CC[C@@H]3[C@@H]2CC[C@]2(C)[C@@H](C4=CC(=O)OC4)CCC32O)C1. The second-order valence-electron chi connectivity index (χ2n) is 14.9. The van der Waals surface area contributed by atoms with Gasteiger partial charge in [0, 0.05) is 11.5 Å². The third kappa shape index (κ3) is 4.91. The van der Waals surface area contributed by atoms with Gasteiger partial charge in [0.15, 0.2) is 0 Å². The number of ether oxygens (including phenoxy) is 3. The molecule has 0 spiro atoms. The number of nitrogens with one attached hydrogen (secondary N) is 1. The molecule has 0 amide bonds. The van der Waals surface area contributed by atoms with Crippen molar-refractivity contribution in [1.29, 1.82) is 0 Å². The van der Waals surface area contributed by atoms with Crippen LogP contribution in [0.2, 0.25) is 0 Å². The van der Waals surface area contributed by atoms with Crippen molar-refractivity contribution in [3.8, 4) is 0 Å². The highest BCUT2D eigenvalue weighted by atomic mass is 16.6. The molecule has 5 aliphatic rings. The van der Waals surface area contributed by atoms with Crippen LogP contribution in [0.1, 0.15) is 99.3 Å². The van der Waals surface area contributed by atoms with E-state index in [-0.39, 0.29) is 53.4 Å². The lowest BCUT2D eigenvalue weighted by molar-refractivity contribution is -0.210. The average molecular weight is 560 g/mol. The molecule has 4 aliphatic carbocycles. The van der Waals surface area contributed by atoms with E-state index in [0.29, 0.717) is 18.4 Å². The standard InChI is InChI=1S/C32H49NO7/c1-19(33-18-39-28(36)29(2,3)4)27(35)40-22-9-12-30(5)21(16-22)7-8-25-24(30)10-13-31(6)23(11-14-32(25,31)37)20-15-26(34)38-17-20/h15,19,21-25,33,37H,7-14,16-18H2,1-6H3/t19-,21?,22?,23-,24+,25-,30+,31-,32?/m1/s1.